The first-order valence-electron chi connectivity index (χ1n) is 10.1. The zero-order valence-corrected chi connectivity index (χ0v) is 17.0. The number of piperazine rings is 1. The number of rotatable bonds is 4. The monoisotopic (exact) mass is 389 g/mol. The van der Waals surface area contributed by atoms with Crippen molar-refractivity contribution in [2.24, 2.45) is 0 Å². The minimum Gasteiger partial charge on any atom is -0.365 e. The van der Waals surface area contributed by atoms with Crippen LogP contribution in [0, 0.1) is 13.8 Å². The van der Waals surface area contributed by atoms with Gasteiger partial charge in [0.25, 0.3) is 0 Å². The molecule has 2 amide bonds. The third kappa shape index (κ3) is 4.11. The second kappa shape index (κ2) is 8.39. The van der Waals surface area contributed by atoms with Gasteiger partial charge in [0.15, 0.2) is 0 Å². The van der Waals surface area contributed by atoms with Gasteiger partial charge >= 0.3 is 6.03 Å². The lowest BCUT2D eigenvalue weighted by molar-refractivity contribution is 0.194. The highest BCUT2D eigenvalue weighted by Crippen LogP contribution is 2.27. The van der Waals surface area contributed by atoms with Gasteiger partial charge in [-0.2, -0.15) is 5.10 Å². The summed E-state index contributed by atoms with van der Waals surface area (Å²) in [6, 6.07) is 20.2. The number of urea groups is 1. The van der Waals surface area contributed by atoms with Crippen molar-refractivity contribution < 1.29 is 4.79 Å². The molecule has 0 saturated carbocycles. The number of amides is 2. The van der Waals surface area contributed by atoms with Crippen molar-refractivity contribution in [1.29, 1.82) is 0 Å². The van der Waals surface area contributed by atoms with E-state index in [1.807, 2.05) is 58.1 Å². The number of carbonyl (C=O) groups is 1. The van der Waals surface area contributed by atoms with Gasteiger partial charge in [-0.3, -0.25) is 0 Å². The van der Waals surface area contributed by atoms with E-state index in [1.54, 1.807) is 0 Å². The summed E-state index contributed by atoms with van der Waals surface area (Å²) in [6.45, 7) is 7.75. The Kier molecular flexibility index (Phi) is 5.51. The number of hydrogen-bond acceptors (Lipinski definition) is 3. The molecular weight excluding hydrogens is 362 g/mol. The summed E-state index contributed by atoms with van der Waals surface area (Å²) in [7, 11) is 0. The summed E-state index contributed by atoms with van der Waals surface area (Å²) in [5.41, 5.74) is 5.51. The minimum atomic E-state index is 0.00178. The molecule has 0 atom stereocenters. The second-order valence-electron chi connectivity index (χ2n) is 7.39. The molecule has 0 radical (unpaired) electrons. The lowest BCUT2D eigenvalue weighted by atomic mass is 10.2. The fourth-order valence-corrected chi connectivity index (χ4v) is 3.93. The van der Waals surface area contributed by atoms with Crippen LogP contribution in [0.2, 0.25) is 0 Å². The maximum Gasteiger partial charge on any atom is 0.317 e. The number of anilines is 1. The van der Waals surface area contributed by atoms with Crippen LogP contribution in [-0.4, -0.2) is 46.9 Å². The molecule has 1 aliphatic heterocycles. The van der Waals surface area contributed by atoms with Crippen molar-refractivity contribution in [3.05, 3.63) is 77.6 Å². The number of nitrogens with zero attached hydrogens (tertiary/aromatic N) is 4. The third-order valence-corrected chi connectivity index (χ3v) is 5.42. The molecule has 0 unspecified atom stereocenters. The molecule has 1 aliphatic rings. The number of carbonyl (C=O) groups excluding carboxylic acids is 1. The maximum absolute atomic E-state index is 12.5. The van der Waals surface area contributed by atoms with Gasteiger partial charge in [0.1, 0.15) is 0 Å². The van der Waals surface area contributed by atoms with Gasteiger partial charge in [0.2, 0.25) is 0 Å². The van der Waals surface area contributed by atoms with Gasteiger partial charge in [0.05, 0.1) is 22.8 Å². The number of para-hydroxylation sites is 1. The molecule has 6 nitrogen and oxygen atoms in total. The average molecular weight is 390 g/mol. The molecule has 0 bridgehead atoms. The van der Waals surface area contributed by atoms with Gasteiger partial charge in [-0.05, 0) is 31.5 Å². The van der Waals surface area contributed by atoms with Crippen molar-refractivity contribution >= 4 is 11.7 Å². The van der Waals surface area contributed by atoms with Crippen LogP contribution >= 0.6 is 0 Å². The molecule has 1 N–H and O–H groups in total. The van der Waals surface area contributed by atoms with Crippen LogP contribution in [0.15, 0.2) is 60.7 Å². The van der Waals surface area contributed by atoms with Crippen LogP contribution in [0.25, 0.3) is 5.69 Å². The predicted molar refractivity (Wildman–Crippen MR) is 116 cm³/mol. The Morgan fingerprint density at radius 1 is 0.931 bits per heavy atom. The molecule has 29 heavy (non-hydrogen) atoms. The van der Waals surface area contributed by atoms with Gasteiger partial charge in [0, 0.05) is 32.7 Å². The average Bonchev–Trinajstić information content (AvgIpc) is 3.07. The first-order chi connectivity index (χ1) is 14.1. The Hall–Kier alpha value is -3.28. The van der Waals surface area contributed by atoms with E-state index in [0.29, 0.717) is 19.6 Å². The first kappa shape index (κ1) is 19.1. The molecule has 1 saturated heterocycles. The largest absolute Gasteiger partial charge is 0.365 e. The molecule has 6 heteroatoms. The van der Waals surface area contributed by atoms with Gasteiger partial charge in [-0.1, -0.05) is 48.5 Å². The van der Waals surface area contributed by atoms with E-state index in [9.17, 15) is 4.79 Å². The SMILES string of the molecule is Cc1nn(-c2ccccc2)c(C)c1N1CCN(C(=O)NCc2ccccc2)CC1. The molecule has 1 aromatic heterocycles. The number of aromatic nitrogens is 2. The smallest absolute Gasteiger partial charge is 0.317 e. The van der Waals surface area contributed by atoms with E-state index in [2.05, 4.69) is 36.2 Å². The summed E-state index contributed by atoms with van der Waals surface area (Å²) in [5, 5.41) is 7.78. The lowest BCUT2D eigenvalue weighted by Gasteiger charge is -2.36. The quantitative estimate of drug-likeness (QED) is 0.743. The van der Waals surface area contributed by atoms with Gasteiger partial charge in [-0.15, -0.1) is 0 Å². The normalized spacial score (nSPS) is 14.1. The number of hydrogen-bond donors (Lipinski definition) is 1. The summed E-state index contributed by atoms with van der Waals surface area (Å²) in [6.07, 6.45) is 0. The van der Waals surface area contributed by atoms with E-state index < -0.39 is 0 Å². The molecule has 1 fully saturated rings. The van der Waals surface area contributed by atoms with Gasteiger partial charge < -0.3 is 15.1 Å². The lowest BCUT2D eigenvalue weighted by Crippen LogP contribution is -2.52. The van der Waals surface area contributed by atoms with E-state index in [4.69, 9.17) is 5.10 Å². The highest BCUT2D eigenvalue weighted by atomic mass is 16.2. The van der Waals surface area contributed by atoms with Crippen LogP contribution in [0.3, 0.4) is 0 Å². The van der Waals surface area contributed by atoms with E-state index in [1.165, 1.54) is 5.69 Å². The van der Waals surface area contributed by atoms with Crippen molar-refractivity contribution in [2.45, 2.75) is 20.4 Å². The van der Waals surface area contributed by atoms with E-state index in [0.717, 1.165) is 35.7 Å². The maximum atomic E-state index is 12.5. The Morgan fingerprint density at radius 2 is 1.55 bits per heavy atom. The summed E-state index contributed by atoms with van der Waals surface area (Å²) < 4.78 is 2.00. The summed E-state index contributed by atoms with van der Waals surface area (Å²) in [5.74, 6) is 0. The fraction of sp³-hybridized carbons (Fsp3) is 0.304. The second-order valence-corrected chi connectivity index (χ2v) is 7.39. The number of aryl methyl sites for hydroxylation is 1. The first-order valence-corrected chi connectivity index (χ1v) is 10.1. The molecule has 2 aromatic carbocycles. The zero-order valence-electron chi connectivity index (χ0n) is 17.0. The van der Waals surface area contributed by atoms with Crippen molar-refractivity contribution in [3.8, 4) is 5.69 Å². The highest BCUT2D eigenvalue weighted by molar-refractivity contribution is 5.74. The molecule has 4 rings (SSSR count). The predicted octanol–water partition coefficient (Wildman–Crippen LogP) is 3.52. The zero-order chi connectivity index (χ0) is 20.2. The molecule has 0 aliphatic carbocycles. The van der Waals surface area contributed by atoms with Crippen molar-refractivity contribution in [1.82, 2.24) is 20.0 Å². The highest BCUT2D eigenvalue weighted by Gasteiger charge is 2.25. The Morgan fingerprint density at radius 3 is 2.21 bits per heavy atom. The van der Waals surface area contributed by atoms with Crippen LogP contribution in [0.4, 0.5) is 10.5 Å². The van der Waals surface area contributed by atoms with Crippen LogP contribution in [0.5, 0.6) is 0 Å². The van der Waals surface area contributed by atoms with Crippen molar-refractivity contribution in [3.63, 3.8) is 0 Å². The molecule has 0 spiro atoms. The number of nitrogens with one attached hydrogen (secondary N) is 1. The van der Waals surface area contributed by atoms with Gasteiger partial charge in [-0.25, -0.2) is 9.48 Å². The van der Waals surface area contributed by atoms with Crippen LogP contribution in [-0.2, 0) is 6.54 Å². The standard InChI is InChI=1S/C23H27N5O/c1-18-22(19(2)28(25-18)21-11-7-4-8-12-21)26-13-15-27(16-14-26)23(29)24-17-20-9-5-3-6-10-20/h3-12H,13-17H2,1-2H3,(H,24,29). The number of benzene rings is 2. The topological polar surface area (TPSA) is 53.4 Å². The van der Waals surface area contributed by atoms with E-state index >= 15 is 0 Å². The van der Waals surface area contributed by atoms with Crippen LogP contribution < -0.4 is 10.2 Å². The third-order valence-electron chi connectivity index (χ3n) is 5.42. The van der Waals surface area contributed by atoms with Crippen molar-refractivity contribution in [2.75, 3.05) is 31.1 Å². The minimum absolute atomic E-state index is 0.00178. The Bertz CT molecular complexity index is 960. The molecule has 2 heterocycles. The Balaban J connectivity index is 1.38. The fourth-order valence-electron chi connectivity index (χ4n) is 3.93. The van der Waals surface area contributed by atoms with Crippen LogP contribution in [0.1, 0.15) is 17.0 Å². The summed E-state index contributed by atoms with van der Waals surface area (Å²) >= 11 is 0. The molecule has 150 valence electrons. The molecule has 3 aromatic rings. The Labute approximate surface area is 171 Å². The summed E-state index contributed by atoms with van der Waals surface area (Å²) in [4.78, 5) is 16.8. The van der Waals surface area contributed by atoms with E-state index in [-0.39, 0.29) is 6.03 Å². The molecular formula is C23H27N5O.